The first-order chi connectivity index (χ1) is 10.3. The predicted octanol–water partition coefficient (Wildman–Crippen LogP) is 1.38. The summed E-state index contributed by atoms with van der Waals surface area (Å²) in [5.74, 6) is -0.129. The minimum atomic E-state index is -3.79. The topological polar surface area (TPSA) is 92.5 Å². The van der Waals surface area contributed by atoms with E-state index in [0.717, 1.165) is 37.1 Å². The van der Waals surface area contributed by atoms with E-state index in [9.17, 15) is 13.2 Å². The molecule has 0 aromatic heterocycles. The first kappa shape index (κ1) is 16.9. The highest BCUT2D eigenvalue weighted by Gasteiger charge is 2.17. The van der Waals surface area contributed by atoms with Gasteiger partial charge in [0.15, 0.2) is 0 Å². The van der Waals surface area contributed by atoms with Crippen molar-refractivity contribution in [3.8, 4) is 0 Å². The molecule has 0 bridgehead atoms. The van der Waals surface area contributed by atoms with Gasteiger partial charge in [0, 0.05) is 5.69 Å². The molecule has 122 valence electrons. The third-order valence-electron chi connectivity index (χ3n) is 4.06. The van der Waals surface area contributed by atoms with Gasteiger partial charge < -0.3 is 5.32 Å². The van der Waals surface area contributed by atoms with E-state index in [1.807, 2.05) is 6.92 Å². The van der Waals surface area contributed by atoms with Crippen molar-refractivity contribution in [1.29, 1.82) is 0 Å². The number of benzene rings is 1. The molecule has 7 heteroatoms. The Labute approximate surface area is 131 Å². The second kappa shape index (κ2) is 6.76. The third-order valence-corrected chi connectivity index (χ3v) is 4.95. The summed E-state index contributed by atoms with van der Waals surface area (Å²) in [6.07, 6.45) is 3.45. The highest BCUT2D eigenvalue weighted by atomic mass is 32.2. The lowest BCUT2D eigenvalue weighted by atomic mass is 10.1. The number of nitrogens with one attached hydrogen (secondary N) is 1. The Morgan fingerprint density at radius 2 is 1.86 bits per heavy atom. The molecule has 0 saturated carbocycles. The molecule has 1 aromatic rings. The number of carbonyl (C=O) groups is 1. The smallest absolute Gasteiger partial charge is 0.238 e. The molecule has 2 rings (SSSR count). The van der Waals surface area contributed by atoms with E-state index < -0.39 is 10.0 Å². The van der Waals surface area contributed by atoms with Gasteiger partial charge in [-0.05, 0) is 63.0 Å². The number of piperidine rings is 1. The second-order valence-corrected chi connectivity index (χ2v) is 7.40. The quantitative estimate of drug-likeness (QED) is 0.874. The van der Waals surface area contributed by atoms with Crippen molar-refractivity contribution in [2.45, 2.75) is 38.0 Å². The zero-order valence-electron chi connectivity index (χ0n) is 13.1. The molecule has 1 aliphatic heterocycles. The van der Waals surface area contributed by atoms with Gasteiger partial charge in [0.25, 0.3) is 0 Å². The van der Waals surface area contributed by atoms with Crippen LogP contribution in [0.3, 0.4) is 0 Å². The van der Waals surface area contributed by atoms with Crippen LogP contribution in [-0.2, 0) is 14.8 Å². The van der Waals surface area contributed by atoms with E-state index in [4.69, 9.17) is 5.14 Å². The molecule has 3 N–H and O–H groups in total. The van der Waals surface area contributed by atoms with Crippen molar-refractivity contribution >= 4 is 21.6 Å². The van der Waals surface area contributed by atoms with Crippen LogP contribution in [0.5, 0.6) is 0 Å². The van der Waals surface area contributed by atoms with Crippen molar-refractivity contribution in [3.63, 3.8) is 0 Å². The predicted molar refractivity (Wildman–Crippen MR) is 86.2 cm³/mol. The van der Waals surface area contributed by atoms with Gasteiger partial charge in [0.05, 0.1) is 11.4 Å². The molecule has 0 radical (unpaired) electrons. The number of anilines is 1. The van der Waals surface area contributed by atoms with Gasteiger partial charge in [-0.25, -0.2) is 13.6 Å². The van der Waals surface area contributed by atoms with Crippen molar-refractivity contribution in [3.05, 3.63) is 23.3 Å². The van der Waals surface area contributed by atoms with E-state index in [0.29, 0.717) is 12.2 Å². The van der Waals surface area contributed by atoms with E-state index in [1.165, 1.54) is 18.6 Å². The van der Waals surface area contributed by atoms with Crippen molar-refractivity contribution in [1.82, 2.24) is 4.90 Å². The largest absolute Gasteiger partial charge is 0.325 e. The Hall–Kier alpha value is -1.44. The number of nitrogens with two attached hydrogens (primary N) is 1. The number of rotatable bonds is 4. The number of sulfonamides is 1. The highest BCUT2D eigenvalue weighted by Crippen LogP contribution is 2.23. The lowest BCUT2D eigenvalue weighted by Crippen LogP contribution is -2.37. The molecular formula is C15H23N3O3S. The summed E-state index contributed by atoms with van der Waals surface area (Å²) in [7, 11) is -3.79. The summed E-state index contributed by atoms with van der Waals surface area (Å²) in [4.78, 5) is 14.3. The van der Waals surface area contributed by atoms with Crippen molar-refractivity contribution < 1.29 is 13.2 Å². The lowest BCUT2D eigenvalue weighted by Gasteiger charge is -2.25. The molecular weight excluding hydrogens is 302 g/mol. The number of nitrogens with zero attached hydrogens (tertiary/aromatic N) is 1. The number of hydrogen-bond acceptors (Lipinski definition) is 4. The average molecular weight is 325 g/mol. The fourth-order valence-electron chi connectivity index (χ4n) is 2.63. The molecule has 1 amide bonds. The van der Waals surface area contributed by atoms with Crippen LogP contribution in [0, 0.1) is 13.8 Å². The maximum atomic E-state index is 12.2. The second-order valence-electron chi connectivity index (χ2n) is 5.84. The molecule has 0 aliphatic carbocycles. The van der Waals surface area contributed by atoms with Crippen LogP contribution in [-0.4, -0.2) is 38.9 Å². The minimum absolute atomic E-state index is 0.0175. The first-order valence-corrected chi connectivity index (χ1v) is 8.98. The minimum Gasteiger partial charge on any atom is -0.325 e. The van der Waals surface area contributed by atoms with Gasteiger partial charge >= 0.3 is 0 Å². The third kappa shape index (κ3) is 4.28. The summed E-state index contributed by atoms with van der Waals surface area (Å²) in [5.41, 5.74) is 2.13. The van der Waals surface area contributed by atoms with E-state index in [-0.39, 0.29) is 10.8 Å². The lowest BCUT2D eigenvalue weighted by molar-refractivity contribution is -0.117. The van der Waals surface area contributed by atoms with Gasteiger partial charge in [-0.1, -0.05) is 6.42 Å². The maximum Gasteiger partial charge on any atom is 0.238 e. The molecule has 1 heterocycles. The Kier molecular flexibility index (Phi) is 5.20. The monoisotopic (exact) mass is 325 g/mol. The SMILES string of the molecule is Cc1cc(S(N)(=O)=O)cc(NC(=O)CN2CCCCC2)c1C. The Morgan fingerprint density at radius 1 is 1.23 bits per heavy atom. The van der Waals surface area contributed by atoms with Crippen LogP contribution in [0.1, 0.15) is 30.4 Å². The molecule has 1 fully saturated rings. The van der Waals surface area contributed by atoms with Crippen LogP contribution < -0.4 is 10.5 Å². The standard InChI is InChI=1S/C15H23N3O3S/c1-11-8-13(22(16,20)21)9-14(12(11)2)17-15(19)10-18-6-4-3-5-7-18/h8-9H,3-7,10H2,1-2H3,(H,17,19)(H2,16,20,21). The Bertz CT molecular complexity index is 665. The highest BCUT2D eigenvalue weighted by molar-refractivity contribution is 7.89. The number of amides is 1. The molecule has 22 heavy (non-hydrogen) atoms. The summed E-state index contributed by atoms with van der Waals surface area (Å²) < 4.78 is 23.0. The summed E-state index contributed by atoms with van der Waals surface area (Å²) >= 11 is 0. The Balaban J connectivity index is 2.14. The van der Waals surface area contributed by atoms with Crippen LogP contribution in [0.15, 0.2) is 17.0 Å². The Morgan fingerprint density at radius 3 is 2.45 bits per heavy atom. The van der Waals surface area contributed by atoms with Crippen LogP contribution >= 0.6 is 0 Å². The zero-order chi connectivity index (χ0) is 16.3. The number of likely N-dealkylation sites (tertiary alicyclic amines) is 1. The molecule has 1 aromatic carbocycles. The van der Waals surface area contributed by atoms with Gasteiger partial charge in [-0.2, -0.15) is 0 Å². The van der Waals surface area contributed by atoms with Crippen LogP contribution in [0.2, 0.25) is 0 Å². The van der Waals surface area contributed by atoms with Crippen LogP contribution in [0.4, 0.5) is 5.69 Å². The summed E-state index contributed by atoms with van der Waals surface area (Å²) in [5, 5.41) is 7.99. The first-order valence-electron chi connectivity index (χ1n) is 7.43. The average Bonchev–Trinajstić information content (AvgIpc) is 2.43. The van der Waals surface area contributed by atoms with Gasteiger partial charge in [-0.3, -0.25) is 9.69 Å². The van der Waals surface area contributed by atoms with Gasteiger partial charge in [-0.15, -0.1) is 0 Å². The number of aryl methyl sites for hydroxylation is 1. The number of hydrogen-bond donors (Lipinski definition) is 2. The fourth-order valence-corrected chi connectivity index (χ4v) is 3.25. The molecule has 0 spiro atoms. The van der Waals surface area contributed by atoms with Gasteiger partial charge in [0.2, 0.25) is 15.9 Å². The number of carbonyl (C=O) groups excluding carboxylic acids is 1. The van der Waals surface area contributed by atoms with Crippen molar-refractivity contribution in [2.24, 2.45) is 5.14 Å². The normalized spacial score (nSPS) is 16.5. The number of primary sulfonamides is 1. The molecule has 1 aliphatic rings. The fraction of sp³-hybridized carbons (Fsp3) is 0.533. The van der Waals surface area contributed by atoms with Gasteiger partial charge in [0.1, 0.15) is 0 Å². The molecule has 0 unspecified atom stereocenters. The van der Waals surface area contributed by atoms with E-state index in [1.54, 1.807) is 6.92 Å². The van der Waals surface area contributed by atoms with E-state index >= 15 is 0 Å². The molecule has 1 saturated heterocycles. The van der Waals surface area contributed by atoms with E-state index in [2.05, 4.69) is 10.2 Å². The molecule has 6 nitrogen and oxygen atoms in total. The summed E-state index contributed by atoms with van der Waals surface area (Å²) in [6, 6.07) is 2.94. The van der Waals surface area contributed by atoms with Crippen molar-refractivity contribution in [2.75, 3.05) is 25.0 Å². The zero-order valence-corrected chi connectivity index (χ0v) is 13.9. The molecule has 0 atom stereocenters. The van der Waals surface area contributed by atoms with Crippen LogP contribution in [0.25, 0.3) is 0 Å². The maximum absolute atomic E-state index is 12.2. The summed E-state index contributed by atoms with van der Waals surface area (Å²) in [6.45, 7) is 5.84.